The maximum Gasteiger partial charge on any atom is 0.133 e. The molecule has 3 heteroatoms. The Hall–Kier alpha value is -1.87. The maximum atomic E-state index is 4.63. The second-order valence-electron chi connectivity index (χ2n) is 6.04. The molecule has 0 N–H and O–H groups in total. The van der Waals surface area contributed by atoms with Crippen LogP contribution in [-0.2, 0) is 6.54 Å². The average Bonchev–Trinajstić information content (AvgIpc) is 3.03. The first-order chi connectivity index (χ1) is 10.8. The summed E-state index contributed by atoms with van der Waals surface area (Å²) in [6.07, 6.45) is 4.40. The van der Waals surface area contributed by atoms with E-state index in [0.717, 1.165) is 18.9 Å². The van der Waals surface area contributed by atoms with Crippen molar-refractivity contribution in [3.05, 3.63) is 59.8 Å². The van der Waals surface area contributed by atoms with E-state index < -0.39 is 0 Å². The summed E-state index contributed by atoms with van der Waals surface area (Å²) in [5.41, 5.74) is 2.77. The van der Waals surface area contributed by atoms with Gasteiger partial charge >= 0.3 is 0 Å². The molecule has 0 spiro atoms. The van der Waals surface area contributed by atoms with Gasteiger partial charge < -0.3 is 4.90 Å². The van der Waals surface area contributed by atoms with Crippen molar-refractivity contribution in [3.63, 3.8) is 0 Å². The van der Waals surface area contributed by atoms with Crippen LogP contribution in [-0.4, -0.2) is 30.0 Å². The number of likely N-dealkylation sites (tertiary alicyclic amines) is 1. The van der Waals surface area contributed by atoms with Crippen LogP contribution in [0.25, 0.3) is 0 Å². The zero-order chi connectivity index (χ0) is 15.4. The molecule has 116 valence electrons. The number of hydrogen-bond donors (Lipinski definition) is 0. The van der Waals surface area contributed by atoms with Gasteiger partial charge in [0.15, 0.2) is 0 Å². The molecule has 0 amide bonds. The molecule has 0 unspecified atom stereocenters. The second-order valence-corrected chi connectivity index (χ2v) is 6.04. The molecule has 1 aromatic heterocycles. The van der Waals surface area contributed by atoms with Gasteiger partial charge in [0.1, 0.15) is 5.82 Å². The highest BCUT2D eigenvalue weighted by Crippen LogP contribution is 2.36. The summed E-state index contributed by atoms with van der Waals surface area (Å²) in [5.74, 6) is 1.13. The molecule has 1 aromatic carbocycles. The zero-order valence-electron chi connectivity index (χ0n) is 13.6. The Morgan fingerprint density at radius 2 is 2.00 bits per heavy atom. The molecule has 3 rings (SSSR count). The van der Waals surface area contributed by atoms with E-state index in [9.17, 15) is 0 Å². The number of pyridine rings is 1. The standard InChI is InChI=1S/C19H25N3/c1-3-21(2)19-17(11-7-13-20-19)18-12-8-14-22(18)15-16-9-5-4-6-10-16/h4-7,9-11,13,18H,3,8,12,14-15H2,1-2H3/t18-/m1/s1. The van der Waals surface area contributed by atoms with Gasteiger partial charge in [-0.05, 0) is 37.9 Å². The summed E-state index contributed by atoms with van der Waals surface area (Å²) in [7, 11) is 2.13. The molecule has 1 fully saturated rings. The fraction of sp³-hybridized carbons (Fsp3) is 0.421. The van der Waals surface area contributed by atoms with Crippen molar-refractivity contribution in [1.82, 2.24) is 9.88 Å². The summed E-state index contributed by atoms with van der Waals surface area (Å²) in [6, 6.07) is 15.6. The Morgan fingerprint density at radius 3 is 2.77 bits per heavy atom. The predicted molar refractivity (Wildman–Crippen MR) is 92.0 cm³/mol. The van der Waals surface area contributed by atoms with Crippen molar-refractivity contribution in [2.24, 2.45) is 0 Å². The first-order valence-electron chi connectivity index (χ1n) is 8.23. The minimum Gasteiger partial charge on any atom is -0.360 e. The van der Waals surface area contributed by atoms with Gasteiger partial charge in [0, 0.05) is 37.9 Å². The van der Waals surface area contributed by atoms with Crippen LogP contribution in [0, 0.1) is 0 Å². The number of nitrogens with zero attached hydrogens (tertiary/aromatic N) is 3. The first kappa shape index (κ1) is 15.0. The zero-order valence-corrected chi connectivity index (χ0v) is 13.6. The molecule has 1 aliphatic heterocycles. The fourth-order valence-corrected chi connectivity index (χ4v) is 3.32. The van der Waals surface area contributed by atoms with Crippen LogP contribution in [0.5, 0.6) is 0 Å². The Morgan fingerprint density at radius 1 is 1.18 bits per heavy atom. The van der Waals surface area contributed by atoms with Crippen molar-refractivity contribution in [1.29, 1.82) is 0 Å². The largest absolute Gasteiger partial charge is 0.360 e. The quantitative estimate of drug-likeness (QED) is 0.834. The summed E-state index contributed by atoms with van der Waals surface area (Å²) >= 11 is 0. The van der Waals surface area contributed by atoms with Crippen LogP contribution in [0.1, 0.15) is 36.9 Å². The smallest absolute Gasteiger partial charge is 0.133 e. The maximum absolute atomic E-state index is 4.63. The third kappa shape index (κ3) is 3.14. The number of anilines is 1. The van der Waals surface area contributed by atoms with E-state index in [1.165, 1.54) is 30.5 Å². The van der Waals surface area contributed by atoms with E-state index in [4.69, 9.17) is 0 Å². The number of benzene rings is 1. The molecule has 2 heterocycles. The molecule has 0 bridgehead atoms. The SMILES string of the molecule is CCN(C)c1ncccc1[C@H]1CCCN1Cc1ccccc1. The number of aromatic nitrogens is 1. The van der Waals surface area contributed by atoms with Crippen molar-refractivity contribution in [2.45, 2.75) is 32.4 Å². The topological polar surface area (TPSA) is 19.4 Å². The van der Waals surface area contributed by atoms with E-state index in [0.29, 0.717) is 6.04 Å². The van der Waals surface area contributed by atoms with E-state index in [1.54, 1.807) is 0 Å². The van der Waals surface area contributed by atoms with Gasteiger partial charge in [-0.3, -0.25) is 4.90 Å². The Balaban J connectivity index is 1.84. The fourth-order valence-electron chi connectivity index (χ4n) is 3.32. The van der Waals surface area contributed by atoms with Crippen molar-refractivity contribution < 1.29 is 0 Å². The minimum atomic E-state index is 0.484. The third-order valence-electron chi connectivity index (χ3n) is 4.60. The minimum absolute atomic E-state index is 0.484. The van der Waals surface area contributed by atoms with E-state index in [1.807, 2.05) is 6.20 Å². The molecule has 1 aliphatic rings. The summed E-state index contributed by atoms with van der Waals surface area (Å²) in [4.78, 5) is 9.48. The van der Waals surface area contributed by atoms with Gasteiger partial charge in [-0.15, -0.1) is 0 Å². The van der Waals surface area contributed by atoms with Gasteiger partial charge in [-0.2, -0.15) is 0 Å². The Bertz CT molecular complexity index is 597. The normalized spacial score (nSPS) is 18.5. The van der Waals surface area contributed by atoms with Gasteiger partial charge in [0.25, 0.3) is 0 Å². The molecule has 22 heavy (non-hydrogen) atoms. The second kappa shape index (κ2) is 6.93. The van der Waals surface area contributed by atoms with E-state index in [2.05, 4.69) is 71.2 Å². The molecule has 0 radical (unpaired) electrons. The monoisotopic (exact) mass is 295 g/mol. The lowest BCUT2D eigenvalue weighted by Gasteiger charge is -2.28. The molecule has 3 nitrogen and oxygen atoms in total. The van der Waals surface area contributed by atoms with Crippen molar-refractivity contribution >= 4 is 5.82 Å². The molecule has 0 aliphatic carbocycles. The highest BCUT2D eigenvalue weighted by molar-refractivity contribution is 5.48. The lowest BCUT2D eigenvalue weighted by atomic mass is 10.0. The van der Waals surface area contributed by atoms with Gasteiger partial charge in [0.2, 0.25) is 0 Å². The summed E-state index contributed by atoms with van der Waals surface area (Å²) in [6.45, 7) is 5.35. The van der Waals surface area contributed by atoms with Crippen LogP contribution in [0.3, 0.4) is 0 Å². The highest BCUT2D eigenvalue weighted by Gasteiger charge is 2.28. The van der Waals surface area contributed by atoms with Crippen molar-refractivity contribution in [3.8, 4) is 0 Å². The van der Waals surface area contributed by atoms with Crippen LogP contribution in [0.15, 0.2) is 48.7 Å². The van der Waals surface area contributed by atoms with E-state index >= 15 is 0 Å². The highest BCUT2D eigenvalue weighted by atomic mass is 15.2. The van der Waals surface area contributed by atoms with Gasteiger partial charge in [-0.1, -0.05) is 36.4 Å². The van der Waals surface area contributed by atoms with E-state index in [-0.39, 0.29) is 0 Å². The molecule has 0 saturated carbocycles. The summed E-state index contributed by atoms with van der Waals surface area (Å²) < 4.78 is 0. The van der Waals surface area contributed by atoms with Gasteiger partial charge in [-0.25, -0.2) is 4.98 Å². The Kier molecular flexibility index (Phi) is 4.74. The van der Waals surface area contributed by atoms with Crippen LogP contribution < -0.4 is 4.90 Å². The van der Waals surface area contributed by atoms with Gasteiger partial charge in [0.05, 0.1) is 0 Å². The molecule has 1 saturated heterocycles. The third-order valence-corrected chi connectivity index (χ3v) is 4.60. The predicted octanol–water partition coefficient (Wildman–Crippen LogP) is 3.87. The summed E-state index contributed by atoms with van der Waals surface area (Å²) in [5, 5.41) is 0. The van der Waals surface area contributed by atoms with Crippen LogP contribution >= 0.6 is 0 Å². The number of rotatable bonds is 5. The average molecular weight is 295 g/mol. The lowest BCUT2D eigenvalue weighted by molar-refractivity contribution is 0.248. The number of hydrogen-bond acceptors (Lipinski definition) is 3. The molecular weight excluding hydrogens is 270 g/mol. The molecule has 1 atom stereocenters. The molecular formula is C19H25N3. The van der Waals surface area contributed by atoms with Crippen molar-refractivity contribution in [2.75, 3.05) is 25.0 Å². The first-order valence-corrected chi connectivity index (χ1v) is 8.23. The molecule has 2 aromatic rings. The Labute approximate surface area is 133 Å². The van der Waals surface area contributed by atoms with Crippen LogP contribution in [0.4, 0.5) is 5.82 Å². The lowest BCUT2D eigenvalue weighted by Crippen LogP contribution is -2.26. The van der Waals surface area contributed by atoms with Crippen LogP contribution in [0.2, 0.25) is 0 Å².